The average molecular weight is 391 g/mol. The molecule has 0 unspecified atom stereocenters. The quantitative estimate of drug-likeness (QED) is 0.610. The Hall–Kier alpha value is -3.54. The molecule has 6 heteroatoms. The lowest BCUT2D eigenvalue weighted by atomic mass is 10.1. The van der Waals surface area contributed by atoms with Crippen molar-refractivity contribution in [1.82, 2.24) is 10.3 Å². The Morgan fingerprint density at radius 2 is 1.76 bits per heavy atom. The lowest BCUT2D eigenvalue weighted by Crippen LogP contribution is -2.42. The first-order chi connectivity index (χ1) is 13.8. The van der Waals surface area contributed by atoms with E-state index in [0.29, 0.717) is 23.9 Å². The number of nitrogens with two attached hydrogens (primary N) is 1. The topological polar surface area (TPSA) is 86.5 Å². The third-order valence-corrected chi connectivity index (χ3v) is 3.99. The van der Waals surface area contributed by atoms with E-state index in [4.69, 9.17) is 15.2 Å². The molecule has 0 spiro atoms. The zero-order chi connectivity index (χ0) is 20.9. The number of nitrogens with one attached hydrogen (secondary N) is 1. The molecule has 3 aromatic rings. The summed E-state index contributed by atoms with van der Waals surface area (Å²) in [5.41, 5.74) is 8.88. The normalized spacial score (nSPS) is 11.0. The number of hydrogen-bond acceptors (Lipinski definition) is 5. The Bertz CT molecular complexity index is 965. The molecule has 0 radical (unpaired) electrons. The van der Waals surface area contributed by atoms with E-state index >= 15 is 0 Å². The van der Waals surface area contributed by atoms with Gasteiger partial charge in [0.2, 0.25) is 5.88 Å². The Morgan fingerprint density at radius 1 is 1.03 bits per heavy atom. The van der Waals surface area contributed by atoms with Gasteiger partial charge in [0.1, 0.15) is 6.61 Å². The van der Waals surface area contributed by atoms with Gasteiger partial charge in [-0.25, -0.2) is 9.78 Å². The number of ether oxygens (including phenoxy) is 2. The number of hydrogen-bond donors (Lipinski definition) is 2. The number of pyridine rings is 1. The van der Waals surface area contributed by atoms with E-state index in [1.807, 2.05) is 69.3 Å². The highest BCUT2D eigenvalue weighted by molar-refractivity contribution is 5.76. The second-order valence-electron chi connectivity index (χ2n) is 7.68. The molecule has 0 fully saturated rings. The zero-order valence-electron chi connectivity index (χ0n) is 16.8. The van der Waals surface area contributed by atoms with Crippen molar-refractivity contribution in [2.24, 2.45) is 0 Å². The molecular weight excluding hydrogens is 366 g/mol. The van der Waals surface area contributed by atoms with Crippen LogP contribution in [0.5, 0.6) is 11.6 Å². The summed E-state index contributed by atoms with van der Waals surface area (Å²) >= 11 is 0. The highest BCUT2D eigenvalue weighted by atomic mass is 16.6. The molecular formula is C23H25N3O3. The molecule has 3 rings (SSSR count). The molecule has 0 aliphatic carbocycles. The fourth-order valence-electron chi connectivity index (χ4n) is 2.62. The summed E-state index contributed by atoms with van der Waals surface area (Å²) in [5, 5.41) is 2.73. The molecule has 150 valence electrons. The van der Waals surface area contributed by atoms with Crippen molar-refractivity contribution in [3.05, 3.63) is 72.4 Å². The van der Waals surface area contributed by atoms with Crippen LogP contribution in [0.25, 0.3) is 11.1 Å². The molecule has 0 saturated carbocycles. The maximum absolute atomic E-state index is 11.9. The standard InChI is InChI=1S/C23H25N3O3/c1-23(2,3)26-22(27)29-20-11-9-17(13-19(20)24)18-10-12-21(25-14-18)28-15-16-7-5-4-6-8-16/h4-14H,15,24H2,1-3H3,(H,26,27). The van der Waals surface area contributed by atoms with Gasteiger partial charge in [-0.05, 0) is 50.1 Å². The summed E-state index contributed by atoms with van der Waals surface area (Å²) < 4.78 is 11.0. The predicted molar refractivity (Wildman–Crippen MR) is 114 cm³/mol. The number of carbonyl (C=O) groups is 1. The van der Waals surface area contributed by atoms with Crippen LogP contribution in [0.2, 0.25) is 0 Å². The van der Waals surface area contributed by atoms with E-state index in [-0.39, 0.29) is 5.54 Å². The largest absolute Gasteiger partial charge is 0.473 e. The van der Waals surface area contributed by atoms with Crippen LogP contribution in [-0.4, -0.2) is 16.6 Å². The molecule has 29 heavy (non-hydrogen) atoms. The SMILES string of the molecule is CC(C)(C)NC(=O)Oc1ccc(-c2ccc(OCc3ccccc3)nc2)cc1N. The van der Waals surface area contributed by atoms with Crippen LogP contribution in [0.4, 0.5) is 10.5 Å². The number of aromatic nitrogens is 1. The number of carbonyl (C=O) groups excluding carboxylic acids is 1. The highest BCUT2D eigenvalue weighted by Gasteiger charge is 2.16. The van der Waals surface area contributed by atoms with E-state index in [1.165, 1.54) is 0 Å². The lowest BCUT2D eigenvalue weighted by Gasteiger charge is -2.20. The molecule has 3 N–H and O–H groups in total. The maximum atomic E-state index is 11.9. The number of amides is 1. The summed E-state index contributed by atoms with van der Waals surface area (Å²) in [7, 11) is 0. The molecule has 0 bridgehead atoms. The predicted octanol–water partition coefficient (Wildman–Crippen LogP) is 4.80. The van der Waals surface area contributed by atoms with Gasteiger partial charge in [-0.15, -0.1) is 0 Å². The van der Waals surface area contributed by atoms with E-state index in [2.05, 4.69) is 10.3 Å². The molecule has 1 amide bonds. The van der Waals surface area contributed by atoms with Gasteiger partial charge in [-0.1, -0.05) is 36.4 Å². The second-order valence-corrected chi connectivity index (χ2v) is 7.68. The average Bonchev–Trinajstić information content (AvgIpc) is 2.68. The molecule has 0 atom stereocenters. The van der Waals surface area contributed by atoms with Crippen molar-refractivity contribution in [3.63, 3.8) is 0 Å². The van der Waals surface area contributed by atoms with Crippen molar-refractivity contribution < 1.29 is 14.3 Å². The Labute approximate surface area is 170 Å². The van der Waals surface area contributed by atoms with Crippen LogP contribution in [0.1, 0.15) is 26.3 Å². The Balaban J connectivity index is 1.64. The maximum Gasteiger partial charge on any atom is 0.413 e. The number of benzene rings is 2. The summed E-state index contributed by atoms with van der Waals surface area (Å²) in [5.74, 6) is 0.857. The van der Waals surface area contributed by atoms with Crippen LogP contribution < -0.4 is 20.5 Å². The smallest absolute Gasteiger partial charge is 0.413 e. The first-order valence-electron chi connectivity index (χ1n) is 9.33. The number of nitrogen functional groups attached to an aromatic ring is 1. The number of nitrogens with zero attached hydrogens (tertiary/aromatic N) is 1. The molecule has 1 aromatic heterocycles. The molecule has 0 saturated heterocycles. The van der Waals surface area contributed by atoms with Crippen molar-refractivity contribution in [2.75, 3.05) is 5.73 Å². The number of rotatable bonds is 5. The van der Waals surface area contributed by atoms with Gasteiger partial charge in [0.25, 0.3) is 0 Å². The van der Waals surface area contributed by atoms with Crippen molar-refractivity contribution in [3.8, 4) is 22.8 Å². The van der Waals surface area contributed by atoms with Crippen LogP contribution >= 0.6 is 0 Å². The Kier molecular flexibility index (Phi) is 6.02. The zero-order valence-corrected chi connectivity index (χ0v) is 16.8. The van der Waals surface area contributed by atoms with Gasteiger partial charge in [0, 0.05) is 23.4 Å². The van der Waals surface area contributed by atoms with Crippen LogP contribution in [0, 0.1) is 0 Å². The van der Waals surface area contributed by atoms with Gasteiger partial charge in [-0.2, -0.15) is 0 Å². The van der Waals surface area contributed by atoms with E-state index in [0.717, 1.165) is 16.7 Å². The minimum atomic E-state index is -0.543. The highest BCUT2D eigenvalue weighted by Crippen LogP contribution is 2.29. The van der Waals surface area contributed by atoms with Crippen LogP contribution in [0.15, 0.2) is 66.9 Å². The summed E-state index contributed by atoms with van der Waals surface area (Å²) in [6.07, 6.45) is 1.18. The van der Waals surface area contributed by atoms with Gasteiger partial charge in [-0.3, -0.25) is 0 Å². The first-order valence-corrected chi connectivity index (χ1v) is 9.33. The lowest BCUT2D eigenvalue weighted by molar-refractivity contribution is 0.191. The summed E-state index contributed by atoms with van der Waals surface area (Å²) in [6, 6.07) is 18.9. The van der Waals surface area contributed by atoms with Gasteiger partial charge >= 0.3 is 6.09 Å². The second kappa shape index (κ2) is 8.65. The van der Waals surface area contributed by atoms with Crippen molar-refractivity contribution >= 4 is 11.8 Å². The monoisotopic (exact) mass is 391 g/mol. The molecule has 2 aromatic carbocycles. The first kappa shape index (κ1) is 20.2. The Morgan fingerprint density at radius 3 is 2.38 bits per heavy atom. The summed E-state index contributed by atoms with van der Waals surface area (Å²) in [4.78, 5) is 16.3. The number of anilines is 1. The molecule has 0 aliphatic heterocycles. The third-order valence-electron chi connectivity index (χ3n) is 3.99. The van der Waals surface area contributed by atoms with E-state index in [1.54, 1.807) is 18.3 Å². The molecule has 1 heterocycles. The van der Waals surface area contributed by atoms with Crippen LogP contribution in [-0.2, 0) is 6.61 Å². The molecule has 6 nitrogen and oxygen atoms in total. The van der Waals surface area contributed by atoms with Gasteiger partial charge in [0.05, 0.1) is 5.69 Å². The minimum Gasteiger partial charge on any atom is -0.473 e. The fourth-order valence-corrected chi connectivity index (χ4v) is 2.62. The van der Waals surface area contributed by atoms with Gasteiger partial charge in [0.15, 0.2) is 5.75 Å². The van der Waals surface area contributed by atoms with Crippen LogP contribution in [0.3, 0.4) is 0 Å². The molecule has 0 aliphatic rings. The van der Waals surface area contributed by atoms with Crippen molar-refractivity contribution in [2.45, 2.75) is 32.9 Å². The van der Waals surface area contributed by atoms with E-state index in [9.17, 15) is 4.79 Å². The minimum absolute atomic E-state index is 0.311. The van der Waals surface area contributed by atoms with E-state index < -0.39 is 6.09 Å². The van der Waals surface area contributed by atoms with Gasteiger partial charge < -0.3 is 20.5 Å². The van der Waals surface area contributed by atoms with Crippen molar-refractivity contribution in [1.29, 1.82) is 0 Å². The fraction of sp³-hybridized carbons (Fsp3) is 0.217. The third kappa shape index (κ3) is 5.97. The summed E-state index contributed by atoms with van der Waals surface area (Å²) in [6.45, 7) is 6.09.